The van der Waals surface area contributed by atoms with Crippen molar-refractivity contribution >= 4 is 29.9 Å². The fraction of sp³-hybridized carbons (Fsp3) is 0.304. The number of aryl methyl sites for hydroxylation is 2. The third kappa shape index (κ3) is 7.14. The van der Waals surface area contributed by atoms with Gasteiger partial charge in [-0.2, -0.15) is 0 Å². The maximum absolute atomic E-state index is 5.90. The van der Waals surface area contributed by atoms with Crippen LogP contribution in [0.5, 0.6) is 0 Å². The average Bonchev–Trinajstić information content (AvgIpc) is 3.07. The topological polar surface area (TPSA) is 71.7 Å². The second-order valence-corrected chi connectivity index (χ2v) is 6.78. The van der Waals surface area contributed by atoms with Crippen molar-refractivity contribution in [1.82, 2.24) is 15.6 Å². The molecule has 7 heteroatoms. The number of oxazole rings is 1. The molecule has 0 bridgehead atoms. The van der Waals surface area contributed by atoms with Crippen molar-refractivity contribution in [2.45, 2.75) is 40.2 Å². The molecule has 2 aromatic carbocycles. The Morgan fingerprint density at radius 3 is 2.27 bits per heavy atom. The minimum Gasteiger partial charge on any atom is -0.444 e. The van der Waals surface area contributed by atoms with E-state index in [0.29, 0.717) is 38.2 Å². The smallest absolute Gasteiger partial charge is 0.214 e. The van der Waals surface area contributed by atoms with E-state index in [-0.39, 0.29) is 24.0 Å². The second kappa shape index (κ2) is 12.3. The van der Waals surface area contributed by atoms with Gasteiger partial charge in [0, 0.05) is 13.6 Å². The van der Waals surface area contributed by atoms with Crippen LogP contribution in [0.3, 0.4) is 0 Å². The lowest BCUT2D eigenvalue weighted by molar-refractivity contribution is 0.106. The number of hydrogen-bond donors (Lipinski definition) is 2. The first-order valence-electron chi connectivity index (χ1n) is 9.71. The SMILES string of the molecule is CN=C(NCc1nc(C)c(C)o1)NCc1ccccc1COCc1ccccc1.I. The van der Waals surface area contributed by atoms with Crippen LogP contribution in [-0.4, -0.2) is 18.0 Å². The first kappa shape index (κ1) is 23.9. The summed E-state index contributed by atoms with van der Waals surface area (Å²) in [6, 6.07) is 18.5. The summed E-state index contributed by atoms with van der Waals surface area (Å²) in [6.45, 7) is 6.14. The van der Waals surface area contributed by atoms with E-state index < -0.39 is 0 Å². The van der Waals surface area contributed by atoms with Crippen molar-refractivity contribution in [2.75, 3.05) is 7.05 Å². The number of aromatic nitrogens is 1. The van der Waals surface area contributed by atoms with Gasteiger partial charge in [0.1, 0.15) is 5.76 Å². The molecule has 3 rings (SSSR count). The fourth-order valence-electron chi connectivity index (χ4n) is 2.90. The van der Waals surface area contributed by atoms with Gasteiger partial charge < -0.3 is 19.8 Å². The van der Waals surface area contributed by atoms with E-state index in [9.17, 15) is 0 Å². The standard InChI is InChI=1S/C23H28N4O2.HI/c1-17-18(2)29-22(27-17)14-26-23(24-3)25-13-20-11-7-8-12-21(20)16-28-15-19-9-5-4-6-10-19;/h4-12H,13-16H2,1-3H3,(H2,24,25,26);1H. The highest BCUT2D eigenvalue weighted by Crippen LogP contribution is 2.12. The van der Waals surface area contributed by atoms with Crippen molar-refractivity contribution in [2.24, 2.45) is 4.99 Å². The minimum absolute atomic E-state index is 0. The highest BCUT2D eigenvalue weighted by molar-refractivity contribution is 14.0. The van der Waals surface area contributed by atoms with Gasteiger partial charge in [-0.1, -0.05) is 54.6 Å². The number of rotatable bonds is 8. The lowest BCUT2D eigenvalue weighted by Crippen LogP contribution is -2.36. The molecule has 0 unspecified atom stereocenters. The van der Waals surface area contributed by atoms with Crippen LogP contribution in [0, 0.1) is 13.8 Å². The molecule has 0 amide bonds. The number of halogens is 1. The predicted octanol–water partition coefficient (Wildman–Crippen LogP) is 4.49. The number of hydrogen-bond acceptors (Lipinski definition) is 4. The van der Waals surface area contributed by atoms with Crippen molar-refractivity contribution in [3.05, 3.63) is 88.6 Å². The van der Waals surface area contributed by atoms with E-state index in [1.54, 1.807) is 7.05 Å². The summed E-state index contributed by atoms with van der Waals surface area (Å²) in [4.78, 5) is 8.65. The van der Waals surface area contributed by atoms with E-state index in [0.717, 1.165) is 17.0 Å². The normalized spacial score (nSPS) is 11.1. The van der Waals surface area contributed by atoms with Gasteiger partial charge in [0.05, 0.1) is 25.5 Å². The zero-order valence-electron chi connectivity index (χ0n) is 17.6. The van der Waals surface area contributed by atoms with Crippen LogP contribution in [0.1, 0.15) is 34.0 Å². The molecule has 0 aliphatic rings. The monoisotopic (exact) mass is 520 g/mol. The summed E-state index contributed by atoms with van der Waals surface area (Å²) in [6.07, 6.45) is 0. The molecule has 0 fully saturated rings. The number of ether oxygens (including phenoxy) is 1. The molecule has 3 aromatic rings. The Hall–Kier alpha value is -2.39. The highest BCUT2D eigenvalue weighted by atomic mass is 127. The maximum atomic E-state index is 5.90. The zero-order chi connectivity index (χ0) is 20.5. The second-order valence-electron chi connectivity index (χ2n) is 6.78. The fourth-order valence-corrected chi connectivity index (χ4v) is 2.90. The third-order valence-corrected chi connectivity index (χ3v) is 4.64. The Morgan fingerprint density at radius 1 is 0.933 bits per heavy atom. The molecular formula is C23H29IN4O2. The van der Waals surface area contributed by atoms with Crippen LogP contribution in [0.25, 0.3) is 0 Å². The van der Waals surface area contributed by atoms with E-state index in [1.165, 1.54) is 11.1 Å². The summed E-state index contributed by atoms with van der Waals surface area (Å²) in [5, 5.41) is 6.57. The molecule has 1 aromatic heterocycles. The molecule has 0 saturated carbocycles. The number of benzene rings is 2. The minimum atomic E-state index is 0. The summed E-state index contributed by atoms with van der Waals surface area (Å²) >= 11 is 0. The predicted molar refractivity (Wildman–Crippen MR) is 130 cm³/mol. The number of nitrogens with zero attached hydrogens (tertiary/aromatic N) is 2. The van der Waals surface area contributed by atoms with Crippen molar-refractivity contribution in [1.29, 1.82) is 0 Å². The molecule has 2 N–H and O–H groups in total. The Morgan fingerprint density at radius 2 is 1.60 bits per heavy atom. The lowest BCUT2D eigenvalue weighted by atomic mass is 10.1. The molecule has 0 aliphatic carbocycles. The van der Waals surface area contributed by atoms with E-state index in [1.807, 2.05) is 44.2 Å². The first-order valence-corrected chi connectivity index (χ1v) is 9.71. The Balaban J connectivity index is 0.00000320. The average molecular weight is 520 g/mol. The molecule has 0 saturated heterocycles. The van der Waals surface area contributed by atoms with Gasteiger partial charge in [0.25, 0.3) is 0 Å². The van der Waals surface area contributed by atoms with E-state index >= 15 is 0 Å². The lowest BCUT2D eigenvalue weighted by Gasteiger charge is -2.14. The van der Waals surface area contributed by atoms with Crippen LogP contribution in [0.4, 0.5) is 0 Å². The Bertz CT molecular complexity index is 922. The molecule has 1 heterocycles. The van der Waals surface area contributed by atoms with E-state index in [2.05, 4.69) is 44.9 Å². The summed E-state index contributed by atoms with van der Waals surface area (Å²) < 4.78 is 11.5. The van der Waals surface area contributed by atoms with Gasteiger partial charge in [-0.05, 0) is 30.5 Å². The van der Waals surface area contributed by atoms with Crippen LogP contribution in [0.15, 0.2) is 64.0 Å². The Kier molecular flexibility index (Phi) is 9.82. The molecule has 0 atom stereocenters. The van der Waals surface area contributed by atoms with Gasteiger partial charge >= 0.3 is 0 Å². The quantitative estimate of drug-likeness (QED) is 0.260. The van der Waals surface area contributed by atoms with Gasteiger partial charge in [-0.3, -0.25) is 4.99 Å². The van der Waals surface area contributed by atoms with Gasteiger partial charge in [-0.15, -0.1) is 24.0 Å². The number of aliphatic imine (C=N–C) groups is 1. The molecule has 160 valence electrons. The van der Waals surface area contributed by atoms with Crippen molar-refractivity contribution < 1.29 is 9.15 Å². The summed E-state index contributed by atoms with van der Waals surface area (Å²) in [5.41, 5.74) is 4.41. The van der Waals surface area contributed by atoms with Crippen LogP contribution in [-0.2, 0) is 31.0 Å². The molecule has 0 aliphatic heterocycles. The van der Waals surface area contributed by atoms with Gasteiger partial charge in [0.15, 0.2) is 5.96 Å². The molecular weight excluding hydrogens is 491 g/mol. The van der Waals surface area contributed by atoms with Crippen molar-refractivity contribution in [3.63, 3.8) is 0 Å². The number of guanidine groups is 1. The molecule has 0 spiro atoms. The highest BCUT2D eigenvalue weighted by Gasteiger charge is 2.07. The molecule has 6 nitrogen and oxygen atoms in total. The van der Waals surface area contributed by atoms with Crippen molar-refractivity contribution in [3.8, 4) is 0 Å². The van der Waals surface area contributed by atoms with Crippen LogP contribution in [0.2, 0.25) is 0 Å². The van der Waals surface area contributed by atoms with Gasteiger partial charge in [-0.25, -0.2) is 4.98 Å². The third-order valence-electron chi connectivity index (χ3n) is 4.64. The van der Waals surface area contributed by atoms with Crippen LogP contribution >= 0.6 is 24.0 Å². The molecule has 30 heavy (non-hydrogen) atoms. The summed E-state index contributed by atoms with van der Waals surface area (Å²) in [7, 11) is 1.75. The Labute approximate surface area is 195 Å². The molecule has 0 radical (unpaired) electrons. The zero-order valence-corrected chi connectivity index (χ0v) is 20.0. The maximum Gasteiger partial charge on any atom is 0.214 e. The largest absolute Gasteiger partial charge is 0.444 e. The van der Waals surface area contributed by atoms with E-state index in [4.69, 9.17) is 9.15 Å². The van der Waals surface area contributed by atoms with Gasteiger partial charge in [0.2, 0.25) is 5.89 Å². The first-order chi connectivity index (χ1) is 14.2. The number of nitrogens with one attached hydrogen (secondary N) is 2. The van der Waals surface area contributed by atoms with Crippen LogP contribution < -0.4 is 10.6 Å². The summed E-state index contributed by atoms with van der Waals surface area (Å²) in [5.74, 6) is 2.19.